The zero-order valence-corrected chi connectivity index (χ0v) is 11.2. The van der Waals surface area contributed by atoms with Gasteiger partial charge in [0, 0.05) is 0 Å². The fourth-order valence-electron chi connectivity index (χ4n) is 0.940. The molecule has 0 aromatic carbocycles. The average Bonchev–Trinajstić information content (AvgIpc) is 2.24. The van der Waals surface area contributed by atoms with Gasteiger partial charge in [-0.3, -0.25) is 0 Å². The van der Waals surface area contributed by atoms with Gasteiger partial charge in [0.15, 0.2) is 0 Å². The average molecular weight is 238 g/mol. The predicted octanol–water partition coefficient (Wildman–Crippen LogP) is -0.167. The smallest absolute Gasteiger partial charge is 0.328 e. The summed E-state index contributed by atoms with van der Waals surface area (Å²) in [6, 6.07) is 0. The van der Waals surface area contributed by atoms with E-state index < -0.39 is 7.32 Å². The molecule has 1 aliphatic rings. The molecule has 1 saturated carbocycles. The van der Waals surface area contributed by atoms with Gasteiger partial charge in [-0.1, -0.05) is 32.8 Å². The minimum Gasteiger partial charge on any atom is -0.328 e. The molecule has 0 atom stereocenters. The van der Waals surface area contributed by atoms with E-state index in [2.05, 4.69) is 21.0 Å². The molecule has 0 heterocycles. The van der Waals surface area contributed by atoms with Crippen molar-refractivity contribution in [1.29, 1.82) is 0 Å². The first-order valence-corrected chi connectivity index (χ1v) is 3.99. The van der Waals surface area contributed by atoms with Crippen LogP contribution in [0.4, 0.5) is 13.6 Å². The monoisotopic (exact) mass is 238 g/mol. The predicted molar refractivity (Wildman–Crippen MR) is 39.7 cm³/mol. The van der Waals surface area contributed by atoms with E-state index in [9.17, 15) is 13.6 Å². The molecular formula is C6H11BF3KO3. The van der Waals surface area contributed by atoms with Crippen molar-refractivity contribution in [3.63, 3.8) is 0 Å². The van der Waals surface area contributed by atoms with Crippen molar-refractivity contribution in [3.05, 3.63) is 6.42 Å². The Labute approximate surface area is 124 Å². The largest absolute Gasteiger partial charge is 1.00 e. The molecular weight excluding hydrogens is 227 g/mol. The van der Waals surface area contributed by atoms with E-state index in [1.807, 2.05) is 0 Å². The van der Waals surface area contributed by atoms with E-state index in [1.54, 1.807) is 0 Å². The van der Waals surface area contributed by atoms with Crippen LogP contribution >= 0.6 is 0 Å². The normalized spacial score (nSPS) is 14.8. The van der Waals surface area contributed by atoms with Crippen molar-refractivity contribution in [2.75, 3.05) is 0 Å². The Morgan fingerprint density at radius 2 is 1.29 bits per heavy atom. The molecule has 0 spiro atoms. The van der Waals surface area contributed by atoms with Crippen LogP contribution < -0.4 is 51.4 Å². The molecule has 0 amide bonds. The zero-order valence-electron chi connectivity index (χ0n) is 8.05. The summed E-state index contributed by atoms with van der Waals surface area (Å²) in [4.78, 5) is 7.06. The molecule has 0 bridgehead atoms. The maximum atomic E-state index is 10.4. The summed E-state index contributed by atoms with van der Waals surface area (Å²) >= 11 is 0. The number of hydrogen-bond acceptors (Lipinski definition) is 3. The van der Waals surface area contributed by atoms with Crippen LogP contribution in [0.5, 0.6) is 0 Å². The van der Waals surface area contributed by atoms with Crippen molar-refractivity contribution >= 4 is 7.32 Å². The quantitative estimate of drug-likeness (QED) is 0.505. The van der Waals surface area contributed by atoms with Crippen molar-refractivity contribution in [3.8, 4) is 0 Å². The first-order valence-electron chi connectivity index (χ1n) is 3.99. The molecule has 0 unspecified atom stereocenters. The third-order valence-electron chi connectivity index (χ3n) is 1.53. The fourth-order valence-corrected chi connectivity index (χ4v) is 0.940. The van der Waals surface area contributed by atoms with E-state index >= 15 is 0 Å². The molecule has 0 saturated heterocycles. The Bertz CT molecular complexity index is 89.3. The molecule has 78 valence electrons. The summed E-state index contributed by atoms with van der Waals surface area (Å²) < 4.78 is 31.3. The molecule has 1 aliphatic carbocycles. The molecule has 1 rings (SSSR count). The fraction of sp³-hybridized carbons (Fsp3) is 0.833. The third kappa shape index (κ3) is 11.4. The molecule has 8 heteroatoms. The first-order chi connectivity index (χ1) is 6.35. The van der Waals surface area contributed by atoms with Gasteiger partial charge in [0.1, 0.15) is 0 Å². The SMILES string of the molecule is FOB(OF)OF.[CH-]1CCCCC1.[K+]. The van der Waals surface area contributed by atoms with Crippen molar-refractivity contribution < 1.29 is 79.5 Å². The Kier molecular flexibility index (Phi) is 18.2. The summed E-state index contributed by atoms with van der Waals surface area (Å²) in [7, 11) is -2.51. The molecule has 3 nitrogen and oxygen atoms in total. The van der Waals surface area contributed by atoms with Gasteiger partial charge < -0.3 is 6.42 Å². The van der Waals surface area contributed by atoms with E-state index in [0.29, 0.717) is 0 Å². The van der Waals surface area contributed by atoms with Crippen LogP contribution in [-0.4, -0.2) is 7.32 Å². The Morgan fingerprint density at radius 1 is 0.857 bits per heavy atom. The Balaban J connectivity index is 0. The van der Waals surface area contributed by atoms with Gasteiger partial charge in [-0.05, 0) is 0 Å². The maximum Gasteiger partial charge on any atom is 1.00 e. The van der Waals surface area contributed by atoms with Gasteiger partial charge in [-0.2, -0.15) is 27.4 Å². The van der Waals surface area contributed by atoms with Crippen molar-refractivity contribution in [2.24, 2.45) is 0 Å². The second-order valence-corrected chi connectivity index (χ2v) is 2.48. The number of hydrogen-bond donors (Lipinski definition) is 0. The van der Waals surface area contributed by atoms with Gasteiger partial charge in [-0.25, -0.2) is 0 Å². The van der Waals surface area contributed by atoms with Crippen LogP contribution in [0.25, 0.3) is 0 Å². The summed E-state index contributed by atoms with van der Waals surface area (Å²) in [6.07, 6.45) is 9.50. The van der Waals surface area contributed by atoms with Crippen LogP contribution in [0.2, 0.25) is 0 Å². The van der Waals surface area contributed by atoms with E-state index in [-0.39, 0.29) is 51.4 Å². The summed E-state index contributed by atoms with van der Waals surface area (Å²) in [5.74, 6) is 0. The second-order valence-electron chi connectivity index (χ2n) is 2.48. The standard InChI is InChI=1S/C6H11.BF3O3.K/c1-2-4-6-5-3-1;2-5-1(6-3)7-4;/h1H,2-6H2;;/q-1;;+1. The minimum atomic E-state index is -2.51. The van der Waals surface area contributed by atoms with Gasteiger partial charge in [0.25, 0.3) is 0 Å². The van der Waals surface area contributed by atoms with Crippen molar-refractivity contribution in [1.82, 2.24) is 0 Å². The molecule has 0 aromatic rings. The van der Waals surface area contributed by atoms with Crippen LogP contribution in [0, 0.1) is 6.42 Å². The summed E-state index contributed by atoms with van der Waals surface area (Å²) in [5, 5.41) is 0. The van der Waals surface area contributed by atoms with E-state index in [4.69, 9.17) is 0 Å². The minimum absolute atomic E-state index is 0. The van der Waals surface area contributed by atoms with Crippen molar-refractivity contribution in [2.45, 2.75) is 32.1 Å². The van der Waals surface area contributed by atoms with Crippen LogP contribution in [0.3, 0.4) is 0 Å². The number of rotatable bonds is 3. The van der Waals surface area contributed by atoms with Crippen LogP contribution in [-0.2, 0) is 14.6 Å². The second kappa shape index (κ2) is 14.4. The molecule has 14 heavy (non-hydrogen) atoms. The topological polar surface area (TPSA) is 27.7 Å². The van der Waals surface area contributed by atoms with Gasteiger partial charge >= 0.3 is 58.7 Å². The first kappa shape index (κ1) is 17.8. The van der Waals surface area contributed by atoms with Crippen LogP contribution in [0.1, 0.15) is 32.1 Å². The summed E-state index contributed by atoms with van der Waals surface area (Å²) in [6.45, 7) is 0. The van der Waals surface area contributed by atoms with E-state index in [1.165, 1.54) is 32.1 Å². The Morgan fingerprint density at radius 3 is 1.36 bits per heavy atom. The molecule has 0 aliphatic heterocycles. The molecule has 0 N–H and O–H groups in total. The summed E-state index contributed by atoms with van der Waals surface area (Å²) in [5.41, 5.74) is 0. The number of halogens is 3. The maximum absolute atomic E-state index is 10.4. The van der Waals surface area contributed by atoms with Gasteiger partial charge in [0.05, 0.1) is 0 Å². The molecule has 0 aromatic heterocycles. The molecule has 0 radical (unpaired) electrons. The molecule has 1 fully saturated rings. The van der Waals surface area contributed by atoms with Crippen LogP contribution in [0.15, 0.2) is 0 Å². The van der Waals surface area contributed by atoms with Gasteiger partial charge in [0.2, 0.25) is 0 Å². The zero-order chi connectivity index (χ0) is 9.94. The Hall–Kier alpha value is 1.37. The van der Waals surface area contributed by atoms with Gasteiger partial charge in [-0.15, -0.1) is 0 Å². The van der Waals surface area contributed by atoms with E-state index in [0.717, 1.165) is 0 Å². The third-order valence-corrected chi connectivity index (χ3v) is 1.53.